The first kappa shape index (κ1) is 11.2. The Bertz CT molecular complexity index is 438. The number of carbonyl (C=O) groups is 2. The average Bonchev–Trinajstić information content (AvgIpc) is 2.54. The van der Waals surface area contributed by atoms with Crippen molar-refractivity contribution in [3.63, 3.8) is 0 Å². The van der Waals surface area contributed by atoms with Crippen molar-refractivity contribution in [3.05, 3.63) is 29.8 Å². The molecule has 0 saturated carbocycles. The number of esters is 2. The number of ether oxygens (including phenoxy) is 1. The fourth-order valence-electron chi connectivity index (χ4n) is 1.79. The van der Waals surface area contributed by atoms with Crippen LogP contribution < -0.4 is 0 Å². The van der Waals surface area contributed by atoms with Crippen LogP contribution in [0.1, 0.15) is 18.9 Å². The van der Waals surface area contributed by atoms with Crippen molar-refractivity contribution >= 4 is 23.7 Å². The van der Waals surface area contributed by atoms with E-state index in [1.165, 1.54) is 0 Å². The van der Waals surface area contributed by atoms with Crippen LogP contribution in [0.4, 0.5) is 0 Å². The van der Waals surface area contributed by atoms with Gasteiger partial charge in [0.2, 0.25) is 0 Å². The van der Waals surface area contributed by atoms with Gasteiger partial charge in [0.25, 0.3) is 0 Å². The SMILES string of the molecule is CSc1ccc(C2(C)CC(=O)OC2=O)cc1. The molecule has 0 radical (unpaired) electrons. The summed E-state index contributed by atoms with van der Waals surface area (Å²) < 4.78 is 4.60. The van der Waals surface area contributed by atoms with Crippen LogP contribution in [0.5, 0.6) is 0 Å². The summed E-state index contributed by atoms with van der Waals surface area (Å²) in [5, 5.41) is 0. The minimum Gasteiger partial charge on any atom is -0.392 e. The largest absolute Gasteiger partial charge is 0.392 e. The third-order valence-corrected chi connectivity index (χ3v) is 3.63. The van der Waals surface area contributed by atoms with Gasteiger partial charge in [-0.15, -0.1) is 11.8 Å². The fraction of sp³-hybridized carbons (Fsp3) is 0.333. The molecule has 84 valence electrons. The molecule has 1 fully saturated rings. The quantitative estimate of drug-likeness (QED) is 0.448. The third kappa shape index (κ3) is 1.73. The van der Waals surface area contributed by atoms with Gasteiger partial charge < -0.3 is 4.74 Å². The lowest BCUT2D eigenvalue weighted by molar-refractivity contribution is -0.153. The van der Waals surface area contributed by atoms with Gasteiger partial charge in [-0.05, 0) is 30.9 Å². The van der Waals surface area contributed by atoms with Crippen molar-refractivity contribution in [2.24, 2.45) is 0 Å². The van der Waals surface area contributed by atoms with Gasteiger partial charge in [-0.25, -0.2) is 0 Å². The summed E-state index contributed by atoms with van der Waals surface area (Å²) in [5.41, 5.74) is 0.0229. The van der Waals surface area contributed by atoms with Crippen LogP contribution in [-0.4, -0.2) is 18.2 Å². The van der Waals surface area contributed by atoms with E-state index in [1.807, 2.05) is 30.5 Å². The Morgan fingerprint density at radius 3 is 2.31 bits per heavy atom. The molecule has 1 saturated heterocycles. The zero-order valence-electron chi connectivity index (χ0n) is 9.15. The highest BCUT2D eigenvalue weighted by atomic mass is 32.2. The molecule has 0 aliphatic carbocycles. The van der Waals surface area contributed by atoms with Crippen LogP contribution in [0.2, 0.25) is 0 Å². The van der Waals surface area contributed by atoms with Crippen LogP contribution in [0, 0.1) is 0 Å². The number of rotatable bonds is 2. The van der Waals surface area contributed by atoms with E-state index in [4.69, 9.17) is 0 Å². The van der Waals surface area contributed by atoms with Crippen molar-refractivity contribution in [2.75, 3.05) is 6.26 Å². The van der Waals surface area contributed by atoms with Gasteiger partial charge in [-0.3, -0.25) is 9.59 Å². The van der Waals surface area contributed by atoms with Crippen LogP contribution in [0.25, 0.3) is 0 Å². The molecule has 0 spiro atoms. The Kier molecular flexibility index (Phi) is 2.76. The Balaban J connectivity index is 2.36. The number of hydrogen-bond acceptors (Lipinski definition) is 4. The van der Waals surface area contributed by atoms with Crippen LogP contribution in [0.3, 0.4) is 0 Å². The lowest BCUT2D eigenvalue weighted by atomic mass is 9.81. The van der Waals surface area contributed by atoms with Gasteiger partial charge in [-0.2, -0.15) is 0 Å². The van der Waals surface area contributed by atoms with E-state index in [2.05, 4.69) is 4.74 Å². The van der Waals surface area contributed by atoms with E-state index >= 15 is 0 Å². The maximum Gasteiger partial charge on any atom is 0.324 e. The molecule has 2 rings (SSSR count). The molecule has 1 aromatic carbocycles. The molecule has 4 heteroatoms. The first-order valence-corrected chi connectivity index (χ1v) is 6.18. The second-order valence-corrected chi connectivity index (χ2v) is 4.88. The molecule has 1 heterocycles. The van der Waals surface area contributed by atoms with Gasteiger partial charge in [-0.1, -0.05) is 12.1 Å². The summed E-state index contributed by atoms with van der Waals surface area (Å²) in [6.07, 6.45) is 2.12. The molecule has 1 aliphatic heterocycles. The van der Waals surface area contributed by atoms with Gasteiger partial charge in [0.05, 0.1) is 6.42 Å². The van der Waals surface area contributed by atoms with Crippen LogP contribution in [0.15, 0.2) is 29.2 Å². The minimum absolute atomic E-state index is 0.129. The standard InChI is InChI=1S/C12H12O3S/c1-12(7-10(13)15-11(12)14)8-3-5-9(16-2)6-4-8/h3-6H,7H2,1-2H3. The minimum atomic E-state index is -0.811. The Morgan fingerprint density at radius 1 is 1.25 bits per heavy atom. The monoisotopic (exact) mass is 236 g/mol. The van der Waals surface area contributed by atoms with E-state index in [9.17, 15) is 9.59 Å². The molecule has 3 nitrogen and oxygen atoms in total. The summed E-state index contributed by atoms with van der Waals surface area (Å²) in [4.78, 5) is 23.9. The van der Waals surface area contributed by atoms with Crippen molar-refractivity contribution in [1.29, 1.82) is 0 Å². The lowest BCUT2D eigenvalue weighted by Crippen LogP contribution is -2.27. The Morgan fingerprint density at radius 2 is 1.88 bits per heavy atom. The highest BCUT2D eigenvalue weighted by Gasteiger charge is 2.46. The predicted molar refractivity (Wildman–Crippen MR) is 61.3 cm³/mol. The number of cyclic esters (lactones) is 2. The summed E-state index contributed by atoms with van der Waals surface area (Å²) in [6, 6.07) is 7.65. The predicted octanol–water partition coefficient (Wildman–Crippen LogP) is 2.14. The van der Waals surface area contributed by atoms with E-state index in [0.717, 1.165) is 10.5 Å². The number of benzene rings is 1. The molecule has 1 aliphatic rings. The summed E-state index contributed by atoms with van der Waals surface area (Å²) in [5.74, 6) is -0.893. The van der Waals surface area contributed by atoms with Gasteiger partial charge in [0.15, 0.2) is 0 Å². The lowest BCUT2D eigenvalue weighted by Gasteiger charge is -2.18. The smallest absolute Gasteiger partial charge is 0.324 e. The zero-order chi connectivity index (χ0) is 11.8. The molecule has 1 unspecified atom stereocenters. The van der Waals surface area contributed by atoms with E-state index in [-0.39, 0.29) is 6.42 Å². The van der Waals surface area contributed by atoms with E-state index < -0.39 is 17.4 Å². The second-order valence-electron chi connectivity index (χ2n) is 4.00. The maximum absolute atomic E-state index is 11.6. The van der Waals surface area contributed by atoms with Crippen LogP contribution in [-0.2, 0) is 19.7 Å². The Hall–Kier alpha value is -1.29. The topological polar surface area (TPSA) is 43.4 Å². The summed E-state index contributed by atoms with van der Waals surface area (Å²) in [6.45, 7) is 1.74. The second kappa shape index (κ2) is 3.94. The first-order valence-electron chi connectivity index (χ1n) is 4.96. The molecule has 0 N–H and O–H groups in total. The van der Waals surface area contributed by atoms with Gasteiger partial charge >= 0.3 is 11.9 Å². The van der Waals surface area contributed by atoms with Crippen molar-refractivity contribution < 1.29 is 14.3 Å². The normalized spacial score (nSPS) is 24.6. The molecule has 1 atom stereocenters. The molecule has 0 aromatic heterocycles. The van der Waals surface area contributed by atoms with E-state index in [0.29, 0.717) is 0 Å². The average molecular weight is 236 g/mol. The highest BCUT2D eigenvalue weighted by Crippen LogP contribution is 2.35. The highest BCUT2D eigenvalue weighted by molar-refractivity contribution is 7.98. The third-order valence-electron chi connectivity index (χ3n) is 2.88. The molecular weight excluding hydrogens is 224 g/mol. The number of hydrogen-bond donors (Lipinski definition) is 0. The van der Waals surface area contributed by atoms with Crippen molar-refractivity contribution in [3.8, 4) is 0 Å². The van der Waals surface area contributed by atoms with Gasteiger partial charge in [0.1, 0.15) is 5.41 Å². The molecule has 0 amide bonds. The Labute approximate surface area is 98.2 Å². The molecule has 16 heavy (non-hydrogen) atoms. The number of thioether (sulfide) groups is 1. The fourth-order valence-corrected chi connectivity index (χ4v) is 2.20. The molecule has 0 bridgehead atoms. The number of carbonyl (C=O) groups excluding carboxylic acids is 2. The summed E-state index contributed by atoms with van der Waals surface area (Å²) in [7, 11) is 0. The summed E-state index contributed by atoms with van der Waals surface area (Å²) >= 11 is 1.64. The van der Waals surface area contributed by atoms with Gasteiger partial charge in [0, 0.05) is 4.90 Å². The molecular formula is C12H12O3S. The van der Waals surface area contributed by atoms with Crippen LogP contribution >= 0.6 is 11.8 Å². The zero-order valence-corrected chi connectivity index (χ0v) is 9.97. The maximum atomic E-state index is 11.6. The van der Waals surface area contributed by atoms with Crippen molar-refractivity contribution in [1.82, 2.24) is 0 Å². The van der Waals surface area contributed by atoms with Crippen molar-refractivity contribution in [2.45, 2.75) is 23.7 Å². The van der Waals surface area contributed by atoms with E-state index in [1.54, 1.807) is 18.7 Å². The first-order chi connectivity index (χ1) is 7.56. The molecule has 1 aromatic rings.